The van der Waals surface area contributed by atoms with Gasteiger partial charge in [-0.1, -0.05) is 18.2 Å². The minimum Gasteiger partial charge on any atom is -0.493 e. The lowest BCUT2D eigenvalue weighted by molar-refractivity contribution is 0.101. The van der Waals surface area contributed by atoms with Gasteiger partial charge >= 0.3 is 0 Å². The van der Waals surface area contributed by atoms with Crippen molar-refractivity contribution in [1.82, 2.24) is 9.88 Å². The summed E-state index contributed by atoms with van der Waals surface area (Å²) in [7, 11) is 1.95. The normalized spacial score (nSPS) is 17.4. The van der Waals surface area contributed by atoms with Gasteiger partial charge in [-0.3, -0.25) is 4.79 Å². The summed E-state index contributed by atoms with van der Waals surface area (Å²) in [6.07, 6.45) is 3.22. The summed E-state index contributed by atoms with van der Waals surface area (Å²) in [4.78, 5) is 15.6. The highest BCUT2D eigenvalue weighted by molar-refractivity contribution is 7.17. The van der Waals surface area contributed by atoms with Gasteiger partial charge in [-0.2, -0.15) is 0 Å². The average Bonchev–Trinajstić information content (AvgIpc) is 3.64. The summed E-state index contributed by atoms with van der Waals surface area (Å²) in [5, 5.41) is 8.65. The van der Waals surface area contributed by atoms with Crippen LogP contribution in [0.2, 0.25) is 0 Å². The minimum absolute atomic E-state index is 0.0598. The van der Waals surface area contributed by atoms with E-state index in [2.05, 4.69) is 57.3 Å². The first kappa shape index (κ1) is 23.1. The van der Waals surface area contributed by atoms with Crippen molar-refractivity contribution in [2.45, 2.75) is 25.8 Å². The average molecular weight is 501 g/mol. The summed E-state index contributed by atoms with van der Waals surface area (Å²) in [6, 6.07) is 18.8. The Labute approximate surface area is 215 Å². The molecule has 0 unspecified atom stereocenters. The van der Waals surface area contributed by atoms with Crippen molar-refractivity contribution in [1.29, 1.82) is 0 Å². The minimum atomic E-state index is -0.0598. The SMILES string of the molecule is Cn1c(C(=O)Nc2cccc3c2CCCN3Cc2ccc(OC[C@@H]3CCNC3)cc2)cc2sccc21. The number of aryl methyl sites for hydroxylation is 1. The van der Waals surface area contributed by atoms with E-state index in [9.17, 15) is 4.79 Å². The molecule has 2 aromatic carbocycles. The van der Waals surface area contributed by atoms with Crippen LogP contribution in [0.3, 0.4) is 0 Å². The number of nitrogens with one attached hydrogen (secondary N) is 2. The van der Waals surface area contributed by atoms with E-state index in [0.29, 0.717) is 11.6 Å². The van der Waals surface area contributed by atoms with Crippen LogP contribution in [0.25, 0.3) is 10.2 Å². The van der Waals surface area contributed by atoms with Gasteiger partial charge in [-0.15, -0.1) is 11.3 Å². The van der Waals surface area contributed by atoms with Gasteiger partial charge in [-0.25, -0.2) is 0 Å². The zero-order valence-corrected chi connectivity index (χ0v) is 21.4. The van der Waals surface area contributed by atoms with Crippen LogP contribution in [-0.2, 0) is 20.0 Å². The molecule has 1 amide bonds. The number of anilines is 2. The van der Waals surface area contributed by atoms with Gasteiger partial charge in [-0.05, 0) is 78.7 Å². The van der Waals surface area contributed by atoms with Crippen molar-refractivity contribution in [3.63, 3.8) is 0 Å². The van der Waals surface area contributed by atoms with E-state index in [1.54, 1.807) is 11.3 Å². The Balaban J connectivity index is 1.15. The second-order valence-electron chi connectivity index (χ2n) is 9.85. The van der Waals surface area contributed by atoms with Crippen LogP contribution in [0.4, 0.5) is 11.4 Å². The molecule has 4 heterocycles. The number of ether oxygens (including phenoxy) is 1. The summed E-state index contributed by atoms with van der Waals surface area (Å²) >= 11 is 1.66. The fourth-order valence-electron chi connectivity index (χ4n) is 5.42. The van der Waals surface area contributed by atoms with E-state index in [1.165, 1.54) is 23.2 Å². The topological polar surface area (TPSA) is 58.5 Å². The van der Waals surface area contributed by atoms with Gasteiger partial charge in [0.15, 0.2) is 0 Å². The van der Waals surface area contributed by atoms with Gasteiger partial charge in [0.2, 0.25) is 0 Å². The highest BCUT2D eigenvalue weighted by Crippen LogP contribution is 2.34. The number of carbonyl (C=O) groups is 1. The molecule has 4 aromatic rings. The van der Waals surface area contributed by atoms with Crippen LogP contribution >= 0.6 is 11.3 Å². The van der Waals surface area contributed by atoms with Crippen molar-refractivity contribution in [3.8, 4) is 5.75 Å². The number of rotatable bonds is 7. The quantitative estimate of drug-likeness (QED) is 0.355. The molecule has 1 saturated heterocycles. The Morgan fingerprint density at radius 1 is 1.19 bits per heavy atom. The van der Waals surface area contributed by atoms with Gasteiger partial charge in [0.25, 0.3) is 5.91 Å². The molecule has 36 heavy (non-hydrogen) atoms. The molecule has 2 aromatic heterocycles. The summed E-state index contributed by atoms with van der Waals surface area (Å²) in [6.45, 7) is 4.77. The molecule has 0 saturated carbocycles. The smallest absolute Gasteiger partial charge is 0.272 e. The third-order valence-corrected chi connectivity index (χ3v) is 8.29. The Kier molecular flexibility index (Phi) is 6.42. The summed E-state index contributed by atoms with van der Waals surface area (Å²) < 4.78 is 9.12. The van der Waals surface area contributed by atoms with Crippen molar-refractivity contribution in [2.24, 2.45) is 13.0 Å². The molecule has 2 aliphatic heterocycles. The molecule has 6 rings (SSSR count). The van der Waals surface area contributed by atoms with Gasteiger partial charge in [0.05, 0.1) is 16.8 Å². The molecular weight excluding hydrogens is 468 g/mol. The Morgan fingerprint density at radius 2 is 2.08 bits per heavy atom. The molecule has 2 aliphatic rings. The summed E-state index contributed by atoms with van der Waals surface area (Å²) in [5.41, 5.74) is 6.39. The van der Waals surface area contributed by atoms with Crippen molar-refractivity contribution in [3.05, 3.63) is 76.8 Å². The first-order valence-electron chi connectivity index (χ1n) is 12.8. The first-order valence-corrected chi connectivity index (χ1v) is 13.7. The number of hydrogen-bond donors (Lipinski definition) is 2. The predicted octanol–water partition coefficient (Wildman–Crippen LogP) is 5.43. The molecule has 0 radical (unpaired) electrons. The van der Waals surface area contributed by atoms with Crippen LogP contribution in [0.15, 0.2) is 60.0 Å². The lowest BCUT2D eigenvalue weighted by Gasteiger charge is -2.32. The lowest BCUT2D eigenvalue weighted by Crippen LogP contribution is -2.29. The molecule has 6 nitrogen and oxygen atoms in total. The monoisotopic (exact) mass is 500 g/mol. The molecule has 1 fully saturated rings. The fourth-order valence-corrected chi connectivity index (χ4v) is 6.27. The Bertz CT molecular complexity index is 1370. The highest BCUT2D eigenvalue weighted by atomic mass is 32.1. The first-order chi connectivity index (χ1) is 17.7. The number of fused-ring (bicyclic) bond motifs is 2. The second-order valence-corrected chi connectivity index (χ2v) is 10.8. The maximum atomic E-state index is 13.2. The Morgan fingerprint density at radius 3 is 2.89 bits per heavy atom. The van der Waals surface area contributed by atoms with E-state index < -0.39 is 0 Å². The second kappa shape index (κ2) is 9.99. The van der Waals surface area contributed by atoms with Gasteiger partial charge in [0.1, 0.15) is 11.4 Å². The lowest BCUT2D eigenvalue weighted by atomic mass is 9.98. The number of benzene rings is 2. The number of hydrogen-bond acceptors (Lipinski definition) is 5. The maximum Gasteiger partial charge on any atom is 0.272 e. The summed E-state index contributed by atoms with van der Waals surface area (Å²) in [5.74, 6) is 1.49. The third-order valence-electron chi connectivity index (χ3n) is 7.44. The Hall–Kier alpha value is -3.29. The van der Waals surface area contributed by atoms with Crippen LogP contribution < -0.4 is 20.3 Å². The molecule has 0 aliphatic carbocycles. The number of nitrogens with zero attached hydrogens (tertiary/aromatic N) is 2. The molecule has 7 heteroatoms. The predicted molar refractivity (Wildman–Crippen MR) is 147 cm³/mol. The van der Waals surface area contributed by atoms with E-state index in [4.69, 9.17) is 4.74 Å². The number of thiophene rings is 1. The van der Waals surface area contributed by atoms with E-state index in [0.717, 1.165) is 67.3 Å². The number of aromatic nitrogens is 1. The van der Waals surface area contributed by atoms with Crippen LogP contribution in [-0.4, -0.2) is 36.7 Å². The van der Waals surface area contributed by atoms with Gasteiger partial charge < -0.3 is 24.8 Å². The molecule has 2 N–H and O–H groups in total. The van der Waals surface area contributed by atoms with E-state index in [-0.39, 0.29) is 5.91 Å². The van der Waals surface area contributed by atoms with E-state index >= 15 is 0 Å². The fraction of sp³-hybridized carbons (Fsp3) is 0.345. The zero-order valence-electron chi connectivity index (χ0n) is 20.6. The maximum absolute atomic E-state index is 13.2. The van der Waals surface area contributed by atoms with Crippen molar-refractivity contribution < 1.29 is 9.53 Å². The molecular formula is C29H32N4O2S. The van der Waals surface area contributed by atoms with Crippen LogP contribution in [0, 0.1) is 5.92 Å². The molecule has 0 spiro atoms. The highest BCUT2D eigenvalue weighted by Gasteiger charge is 2.22. The van der Waals surface area contributed by atoms with Gasteiger partial charge in [0, 0.05) is 44.0 Å². The van der Waals surface area contributed by atoms with E-state index in [1.807, 2.05) is 29.8 Å². The third kappa shape index (κ3) is 4.61. The van der Waals surface area contributed by atoms with Crippen LogP contribution in [0.5, 0.6) is 5.75 Å². The standard InChI is InChI=1S/C29H32N4O2S/c1-32-26-12-15-36-28(26)16-27(32)29(34)31-24-5-2-6-25-23(24)4-3-14-33(25)18-20-7-9-22(10-8-20)35-19-21-11-13-30-17-21/h2,5-10,12,15-16,21,30H,3-4,11,13-14,17-19H2,1H3,(H,31,34)/t21-/m1/s1. The van der Waals surface area contributed by atoms with Crippen LogP contribution in [0.1, 0.15) is 34.5 Å². The number of amides is 1. The van der Waals surface area contributed by atoms with Crippen molar-refractivity contribution >= 4 is 38.8 Å². The molecule has 1 atom stereocenters. The number of carbonyl (C=O) groups excluding carboxylic acids is 1. The zero-order chi connectivity index (χ0) is 24.5. The molecule has 186 valence electrons. The van der Waals surface area contributed by atoms with Crippen molar-refractivity contribution in [2.75, 3.05) is 36.5 Å². The molecule has 0 bridgehead atoms. The largest absolute Gasteiger partial charge is 0.493 e.